The lowest BCUT2D eigenvalue weighted by Gasteiger charge is -1.99. The Morgan fingerprint density at radius 3 is 2.87 bits per heavy atom. The van der Waals surface area contributed by atoms with Gasteiger partial charge in [-0.05, 0) is 17.7 Å². The molecule has 0 spiro atoms. The molecule has 0 unspecified atom stereocenters. The predicted molar refractivity (Wildman–Crippen MR) is 58.0 cm³/mol. The summed E-state index contributed by atoms with van der Waals surface area (Å²) in [5, 5.41) is 0.850. The Morgan fingerprint density at radius 2 is 2.13 bits per heavy atom. The topological polar surface area (TPSA) is 59.9 Å². The van der Waals surface area contributed by atoms with Crippen LogP contribution in [0.15, 0.2) is 30.7 Å². The van der Waals surface area contributed by atoms with Crippen molar-refractivity contribution < 1.29 is 8.42 Å². The zero-order valence-electron chi connectivity index (χ0n) is 7.59. The molecule has 2 rings (SSSR count). The van der Waals surface area contributed by atoms with Gasteiger partial charge < -0.3 is 0 Å². The average Bonchev–Trinajstić information content (AvgIpc) is 2.15. The summed E-state index contributed by atoms with van der Waals surface area (Å²) in [4.78, 5) is 7.99. The number of pyridine rings is 2. The molecular weight excluding hydrogens is 236 g/mol. The van der Waals surface area contributed by atoms with E-state index in [2.05, 4.69) is 9.97 Å². The fourth-order valence-corrected chi connectivity index (χ4v) is 2.23. The molecule has 2 heterocycles. The van der Waals surface area contributed by atoms with Gasteiger partial charge in [0.2, 0.25) is 9.05 Å². The zero-order chi connectivity index (χ0) is 10.9. The van der Waals surface area contributed by atoms with Gasteiger partial charge in [-0.2, -0.15) is 0 Å². The van der Waals surface area contributed by atoms with Crippen molar-refractivity contribution in [3.8, 4) is 0 Å². The second-order valence-corrected chi connectivity index (χ2v) is 5.87. The Bertz CT molecular complexity index is 598. The van der Waals surface area contributed by atoms with Crippen LogP contribution in [0.1, 0.15) is 5.56 Å². The van der Waals surface area contributed by atoms with Crippen LogP contribution in [-0.4, -0.2) is 18.4 Å². The first-order valence-corrected chi connectivity index (χ1v) is 6.63. The van der Waals surface area contributed by atoms with E-state index in [-0.39, 0.29) is 5.75 Å². The third-order valence-electron chi connectivity index (χ3n) is 1.88. The number of fused-ring (bicyclic) bond motifs is 1. The van der Waals surface area contributed by atoms with Gasteiger partial charge in [0.05, 0.1) is 17.5 Å². The van der Waals surface area contributed by atoms with Crippen molar-refractivity contribution >= 4 is 30.6 Å². The summed E-state index contributed by atoms with van der Waals surface area (Å²) in [6.07, 6.45) is 4.74. The Hall–Kier alpha value is -1.20. The van der Waals surface area contributed by atoms with Gasteiger partial charge in [-0.3, -0.25) is 9.97 Å². The highest BCUT2D eigenvalue weighted by Crippen LogP contribution is 2.14. The molecule has 0 aliphatic heterocycles. The van der Waals surface area contributed by atoms with E-state index < -0.39 is 9.05 Å². The lowest BCUT2D eigenvalue weighted by molar-refractivity contribution is 0.609. The van der Waals surface area contributed by atoms with E-state index in [0.29, 0.717) is 5.56 Å². The summed E-state index contributed by atoms with van der Waals surface area (Å²) in [5.41, 5.74) is 1.30. The SMILES string of the molecule is O=S(=O)(Cl)Cc1cnc2cnccc2c1. The van der Waals surface area contributed by atoms with Gasteiger partial charge in [-0.25, -0.2) is 8.42 Å². The Labute approximate surface area is 91.3 Å². The van der Waals surface area contributed by atoms with Crippen LogP contribution in [0.5, 0.6) is 0 Å². The first-order chi connectivity index (χ1) is 7.04. The molecule has 6 heteroatoms. The second kappa shape index (κ2) is 3.75. The van der Waals surface area contributed by atoms with Gasteiger partial charge in [0.1, 0.15) is 0 Å². The molecule has 0 fully saturated rings. The molecular formula is C9H7ClN2O2S. The highest BCUT2D eigenvalue weighted by molar-refractivity contribution is 8.13. The van der Waals surface area contributed by atoms with Crippen LogP contribution in [0.25, 0.3) is 10.9 Å². The van der Waals surface area contributed by atoms with Gasteiger partial charge in [0.25, 0.3) is 0 Å². The zero-order valence-corrected chi connectivity index (χ0v) is 9.16. The molecule has 0 N–H and O–H groups in total. The predicted octanol–water partition coefficient (Wildman–Crippen LogP) is 1.70. The molecule has 0 aliphatic carbocycles. The number of nitrogens with zero attached hydrogens (tertiary/aromatic N) is 2. The van der Waals surface area contributed by atoms with E-state index in [9.17, 15) is 8.42 Å². The van der Waals surface area contributed by atoms with Gasteiger partial charge in [-0.1, -0.05) is 0 Å². The number of hydrogen-bond acceptors (Lipinski definition) is 4. The summed E-state index contributed by atoms with van der Waals surface area (Å²) < 4.78 is 21.7. The first-order valence-electron chi connectivity index (χ1n) is 4.15. The minimum atomic E-state index is -3.53. The maximum Gasteiger partial charge on any atom is 0.236 e. The van der Waals surface area contributed by atoms with Crippen LogP contribution in [0.4, 0.5) is 0 Å². The molecule has 0 saturated carbocycles. The van der Waals surface area contributed by atoms with Crippen molar-refractivity contribution in [3.63, 3.8) is 0 Å². The van der Waals surface area contributed by atoms with Crippen LogP contribution >= 0.6 is 10.7 Å². The highest BCUT2D eigenvalue weighted by Gasteiger charge is 2.07. The second-order valence-electron chi connectivity index (χ2n) is 3.10. The van der Waals surface area contributed by atoms with E-state index in [1.54, 1.807) is 24.5 Å². The molecule has 0 bridgehead atoms. The lowest BCUT2D eigenvalue weighted by atomic mass is 10.2. The van der Waals surface area contributed by atoms with E-state index in [1.807, 2.05) is 0 Å². The minimum Gasteiger partial charge on any atom is -0.262 e. The van der Waals surface area contributed by atoms with Crippen LogP contribution in [0.3, 0.4) is 0 Å². The third kappa shape index (κ3) is 2.64. The van der Waals surface area contributed by atoms with Crippen LogP contribution < -0.4 is 0 Å². The molecule has 0 atom stereocenters. The maximum atomic E-state index is 10.9. The summed E-state index contributed by atoms with van der Waals surface area (Å²) in [7, 11) is 1.62. The normalized spacial score (nSPS) is 11.8. The summed E-state index contributed by atoms with van der Waals surface area (Å²) in [5.74, 6) is -0.209. The Morgan fingerprint density at radius 1 is 1.33 bits per heavy atom. The highest BCUT2D eigenvalue weighted by atomic mass is 35.7. The number of halogens is 1. The molecule has 0 amide bonds. The van der Waals surface area contributed by atoms with Crippen molar-refractivity contribution in [3.05, 3.63) is 36.3 Å². The maximum absolute atomic E-state index is 10.9. The summed E-state index contributed by atoms with van der Waals surface area (Å²) >= 11 is 0. The summed E-state index contributed by atoms with van der Waals surface area (Å²) in [6, 6.07) is 3.51. The van der Waals surface area contributed by atoms with Gasteiger partial charge in [0, 0.05) is 28.5 Å². The monoisotopic (exact) mass is 242 g/mol. The molecule has 2 aromatic rings. The van der Waals surface area contributed by atoms with Crippen molar-refractivity contribution in [1.82, 2.24) is 9.97 Å². The molecule has 2 aromatic heterocycles. The molecule has 0 radical (unpaired) electrons. The van der Waals surface area contributed by atoms with Gasteiger partial charge >= 0.3 is 0 Å². The fraction of sp³-hybridized carbons (Fsp3) is 0.111. The average molecular weight is 243 g/mol. The lowest BCUT2D eigenvalue weighted by Crippen LogP contribution is -1.96. The Kier molecular flexibility index (Phi) is 2.58. The van der Waals surface area contributed by atoms with E-state index in [1.165, 1.54) is 6.20 Å². The van der Waals surface area contributed by atoms with E-state index in [0.717, 1.165) is 10.9 Å². The molecule has 0 saturated heterocycles. The molecule has 4 nitrogen and oxygen atoms in total. The standard InChI is InChI=1S/C9H7ClN2O2S/c10-15(13,14)6-7-3-8-1-2-11-5-9(8)12-4-7/h1-5H,6H2. The van der Waals surface area contributed by atoms with Gasteiger partial charge in [0.15, 0.2) is 0 Å². The molecule has 0 aliphatic rings. The molecule has 15 heavy (non-hydrogen) atoms. The quantitative estimate of drug-likeness (QED) is 0.752. The van der Waals surface area contributed by atoms with Crippen molar-refractivity contribution in [1.29, 1.82) is 0 Å². The van der Waals surface area contributed by atoms with Crippen LogP contribution in [0.2, 0.25) is 0 Å². The molecule has 78 valence electrons. The largest absolute Gasteiger partial charge is 0.262 e. The van der Waals surface area contributed by atoms with Crippen molar-refractivity contribution in [2.24, 2.45) is 0 Å². The third-order valence-corrected chi connectivity index (χ3v) is 2.89. The smallest absolute Gasteiger partial charge is 0.236 e. The fourth-order valence-electron chi connectivity index (χ4n) is 1.29. The Balaban J connectivity index is 2.48. The first kappa shape index (κ1) is 10.3. The number of hydrogen-bond donors (Lipinski definition) is 0. The summed E-state index contributed by atoms with van der Waals surface area (Å²) in [6.45, 7) is 0. The van der Waals surface area contributed by atoms with Crippen LogP contribution in [0, 0.1) is 0 Å². The van der Waals surface area contributed by atoms with E-state index in [4.69, 9.17) is 10.7 Å². The minimum absolute atomic E-state index is 0.209. The van der Waals surface area contributed by atoms with Crippen molar-refractivity contribution in [2.75, 3.05) is 0 Å². The number of rotatable bonds is 2. The van der Waals surface area contributed by atoms with Crippen LogP contribution in [-0.2, 0) is 14.8 Å². The van der Waals surface area contributed by atoms with Crippen molar-refractivity contribution in [2.45, 2.75) is 5.75 Å². The van der Waals surface area contributed by atoms with E-state index >= 15 is 0 Å². The van der Waals surface area contributed by atoms with Gasteiger partial charge in [-0.15, -0.1) is 0 Å². The molecule has 0 aromatic carbocycles. The number of aromatic nitrogens is 2.